The Morgan fingerprint density at radius 3 is 3.26 bits per heavy atom. The van der Waals surface area contributed by atoms with Crippen molar-refractivity contribution >= 4 is 5.91 Å². The zero-order chi connectivity index (χ0) is 16.1. The maximum atomic E-state index is 12.0. The average molecular weight is 313 g/mol. The second-order valence-corrected chi connectivity index (χ2v) is 6.07. The monoisotopic (exact) mass is 313 g/mol. The van der Waals surface area contributed by atoms with Crippen LogP contribution < -0.4 is 10.1 Å². The van der Waals surface area contributed by atoms with Crippen molar-refractivity contribution in [2.75, 3.05) is 6.61 Å². The molecule has 122 valence electrons. The Morgan fingerprint density at radius 2 is 2.39 bits per heavy atom. The van der Waals surface area contributed by atoms with Crippen molar-refractivity contribution in [1.82, 2.24) is 14.9 Å². The molecule has 0 saturated heterocycles. The van der Waals surface area contributed by atoms with Crippen molar-refractivity contribution < 1.29 is 9.53 Å². The lowest BCUT2D eigenvalue weighted by Crippen LogP contribution is -2.40. The third-order valence-electron chi connectivity index (χ3n) is 4.11. The second kappa shape index (κ2) is 7.31. The van der Waals surface area contributed by atoms with Crippen LogP contribution in [0.15, 0.2) is 36.7 Å². The quantitative estimate of drug-likeness (QED) is 0.834. The number of rotatable bonds is 6. The van der Waals surface area contributed by atoms with Gasteiger partial charge in [0.05, 0.1) is 6.61 Å². The van der Waals surface area contributed by atoms with Gasteiger partial charge >= 0.3 is 0 Å². The molecule has 1 atom stereocenters. The Labute approximate surface area is 136 Å². The lowest BCUT2D eigenvalue weighted by atomic mass is 10.1. The molecule has 3 rings (SSSR count). The maximum absolute atomic E-state index is 12.0. The zero-order valence-electron chi connectivity index (χ0n) is 13.5. The van der Waals surface area contributed by atoms with Crippen LogP contribution in [-0.2, 0) is 17.8 Å². The largest absolute Gasteiger partial charge is 0.494 e. The lowest BCUT2D eigenvalue weighted by molar-refractivity contribution is -0.122. The number of carbonyl (C=O) groups is 1. The molecule has 5 heteroatoms. The number of benzene rings is 1. The zero-order valence-corrected chi connectivity index (χ0v) is 13.5. The van der Waals surface area contributed by atoms with E-state index in [1.807, 2.05) is 43.6 Å². The van der Waals surface area contributed by atoms with E-state index in [1.165, 1.54) is 5.56 Å². The van der Waals surface area contributed by atoms with Gasteiger partial charge in [-0.3, -0.25) is 4.79 Å². The van der Waals surface area contributed by atoms with E-state index < -0.39 is 0 Å². The molecule has 2 heterocycles. The molecule has 1 aromatic carbocycles. The number of ether oxygens (including phenoxy) is 1. The Bertz CT molecular complexity index is 666. The van der Waals surface area contributed by atoms with Crippen LogP contribution in [0, 0.1) is 6.92 Å². The Kier molecular flexibility index (Phi) is 4.95. The summed E-state index contributed by atoms with van der Waals surface area (Å²) in [5, 5.41) is 3.11. The van der Waals surface area contributed by atoms with Crippen LogP contribution in [0.1, 0.15) is 30.7 Å². The minimum atomic E-state index is 0.103. The molecule has 0 radical (unpaired) electrons. The highest BCUT2D eigenvalue weighted by Gasteiger charge is 2.19. The summed E-state index contributed by atoms with van der Waals surface area (Å²) in [6.45, 7) is 3.42. The summed E-state index contributed by atoms with van der Waals surface area (Å²) < 4.78 is 7.79. The molecule has 1 aliphatic rings. The number of nitrogens with zero attached hydrogens (tertiary/aromatic N) is 2. The Morgan fingerprint density at radius 1 is 1.48 bits per heavy atom. The summed E-state index contributed by atoms with van der Waals surface area (Å²) in [6, 6.07) is 8.17. The number of nitrogens with one attached hydrogen (secondary N) is 1. The van der Waals surface area contributed by atoms with E-state index in [0.29, 0.717) is 13.0 Å². The first-order valence-electron chi connectivity index (χ1n) is 8.19. The molecule has 0 spiro atoms. The molecule has 1 amide bonds. The molecule has 0 saturated carbocycles. The third kappa shape index (κ3) is 4.34. The Hall–Kier alpha value is -2.30. The number of aromatic nitrogens is 2. The SMILES string of the molecule is Cc1cccc(OCCCC(=O)N[C@@H]2CCc3nccn3C2)c1. The number of hydrogen-bond acceptors (Lipinski definition) is 3. The van der Waals surface area contributed by atoms with E-state index in [9.17, 15) is 4.79 Å². The molecule has 2 aromatic rings. The van der Waals surface area contributed by atoms with Crippen LogP contribution in [0.25, 0.3) is 0 Å². The van der Waals surface area contributed by atoms with E-state index in [4.69, 9.17) is 4.74 Å². The van der Waals surface area contributed by atoms with Crippen molar-refractivity contribution in [3.8, 4) is 5.75 Å². The van der Waals surface area contributed by atoms with Gasteiger partial charge in [0.1, 0.15) is 11.6 Å². The van der Waals surface area contributed by atoms with Crippen molar-refractivity contribution in [2.45, 2.75) is 45.2 Å². The van der Waals surface area contributed by atoms with Crippen LogP contribution in [0.5, 0.6) is 5.75 Å². The predicted octanol–water partition coefficient (Wildman–Crippen LogP) is 2.48. The average Bonchev–Trinajstić information content (AvgIpc) is 2.99. The fourth-order valence-corrected chi connectivity index (χ4v) is 2.91. The van der Waals surface area contributed by atoms with Gasteiger partial charge in [-0.25, -0.2) is 4.98 Å². The van der Waals surface area contributed by atoms with Crippen molar-refractivity contribution in [3.63, 3.8) is 0 Å². The van der Waals surface area contributed by atoms with Gasteiger partial charge in [0.15, 0.2) is 0 Å². The van der Waals surface area contributed by atoms with Crippen LogP contribution in [0.2, 0.25) is 0 Å². The molecule has 1 N–H and O–H groups in total. The van der Waals surface area contributed by atoms with Gasteiger partial charge in [-0.05, 0) is 37.5 Å². The van der Waals surface area contributed by atoms with Crippen LogP contribution in [0.4, 0.5) is 0 Å². The third-order valence-corrected chi connectivity index (χ3v) is 4.11. The van der Waals surface area contributed by atoms with Gasteiger partial charge < -0.3 is 14.6 Å². The van der Waals surface area contributed by atoms with Crippen LogP contribution >= 0.6 is 0 Å². The van der Waals surface area contributed by atoms with E-state index >= 15 is 0 Å². The normalized spacial score (nSPS) is 16.7. The molecule has 0 aliphatic carbocycles. The van der Waals surface area contributed by atoms with Crippen LogP contribution in [0.3, 0.4) is 0 Å². The molecular formula is C18H23N3O2. The highest BCUT2D eigenvalue weighted by Crippen LogP contribution is 2.14. The maximum Gasteiger partial charge on any atom is 0.220 e. The van der Waals surface area contributed by atoms with E-state index in [0.717, 1.165) is 37.4 Å². The second-order valence-electron chi connectivity index (χ2n) is 6.07. The number of fused-ring (bicyclic) bond motifs is 1. The van der Waals surface area contributed by atoms with Gasteiger partial charge in [0.2, 0.25) is 5.91 Å². The summed E-state index contributed by atoms with van der Waals surface area (Å²) in [4.78, 5) is 16.3. The predicted molar refractivity (Wildman–Crippen MR) is 88.4 cm³/mol. The fraction of sp³-hybridized carbons (Fsp3) is 0.444. The van der Waals surface area contributed by atoms with E-state index in [-0.39, 0.29) is 11.9 Å². The Balaban J connectivity index is 1.35. The van der Waals surface area contributed by atoms with E-state index in [1.54, 1.807) is 0 Å². The van der Waals surface area contributed by atoms with E-state index in [2.05, 4.69) is 14.9 Å². The molecule has 0 fully saturated rings. The van der Waals surface area contributed by atoms with Gasteiger partial charge in [-0.2, -0.15) is 0 Å². The summed E-state index contributed by atoms with van der Waals surface area (Å²) in [7, 11) is 0. The topological polar surface area (TPSA) is 56.1 Å². The highest BCUT2D eigenvalue weighted by atomic mass is 16.5. The summed E-state index contributed by atoms with van der Waals surface area (Å²) >= 11 is 0. The first-order valence-corrected chi connectivity index (χ1v) is 8.19. The first-order chi connectivity index (χ1) is 11.2. The number of hydrogen-bond donors (Lipinski definition) is 1. The van der Waals surface area contributed by atoms with Gasteiger partial charge in [0, 0.05) is 37.8 Å². The molecule has 0 unspecified atom stereocenters. The van der Waals surface area contributed by atoms with Gasteiger partial charge in [-0.15, -0.1) is 0 Å². The molecule has 1 aliphatic heterocycles. The molecule has 0 bridgehead atoms. The summed E-state index contributed by atoms with van der Waals surface area (Å²) in [5.74, 6) is 2.08. The minimum absolute atomic E-state index is 0.103. The smallest absolute Gasteiger partial charge is 0.220 e. The lowest BCUT2D eigenvalue weighted by Gasteiger charge is -2.24. The summed E-state index contributed by atoms with van der Waals surface area (Å²) in [5.41, 5.74) is 1.18. The number of imidazole rings is 1. The van der Waals surface area contributed by atoms with Crippen LogP contribution in [-0.4, -0.2) is 28.1 Å². The molecule has 23 heavy (non-hydrogen) atoms. The van der Waals surface area contributed by atoms with Crippen molar-refractivity contribution in [2.24, 2.45) is 0 Å². The summed E-state index contributed by atoms with van der Waals surface area (Å²) in [6.07, 6.45) is 6.91. The first kappa shape index (κ1) is 15.6. The fourth-order valence-electron chi connectivity index (χ4n) is 2.91. The van der Waals surface area contributed by atoms with Gasteiger partial charge in [-0.1, -0.05) is 12.1 Å². The number of amides is 1. The van der Waals surface area contributed by atoms with Gasteiger partial charge in [0.25, 0.3) is 0 Å². The number of aryl methyl sites for hydroxylation is 2. The molecule has 5 nitrogen and oxygen atoms in total. The minimum Gasteiger partial charge on any atom is -0.494 e. The molecular weight excluding hydrogens is 290 g/mol. The highest BCUT2D eigenvalue weighted by molar-refractivity contribution is 5.76. The standard InChI is InChI=1S/C18H23N3O2/c1-14-4-2-5-16(12-14)23-11-3-6-18(22)20-15-7-8-17-19-9-10-21(17)13-15/h2,4-5,9-10,12,15H,3,6-8,11,13H2,1H3,(H,20,22)/t15-/m1/s1. The van der Waals surface area contributed by atoms with Crippen molar-refractivity contribution in [3.05, 3.63) is 48.0 Å². The number of carbonyl (C=O) groups excluding carboxylic acids is 1. The molecule has 1 aromatic heterocycles. The van der Waals surface area contributed by atoms with Crippen molar-refractivity contribution in [1.29, 1.82) is 0 Å².